The predicted octanol–water partition coefficient (Wildman–Crippen LogP) is 2.13. The molecular weight excluding hydrogens is 186 g/mol. The molecule has 0 saturated carbocycles. The van der Waals surface area contributed by atoms with Crippen molar-refractivity contribution in [3.8, 4) is 0 Å². The smallest absolute Gasteiger partial charge is 0.252 e. The number of carbonyl (C=O) groups excluding carboxylic acids is 1. The molecule has 1 aliphatic rings. The number of amides is 1. The van der Waals surface area contributed by atoms with Crippen LogP contribution in [0, 0.1) is 0 Å². The minimum Gasteiger partial charge on any atom is -0.352 e. The number of hydrogen-bond acceptors (Lipinski definition) is 1. The van der Waals surface area contributed by atoms with E-state index in [0.29, 0.717) is 0 Å². The molecule has 1 N–H and O–H groups in total. The second kappa shape index (κ2) is 3.09. The van der Waals surface area contributed by atoms with Crippen LogP contribution in [0.5, 0.6) is 0 Å². The van der Waals surface area contributed by atoms with Crippen LogP contribution < -0.4 is 5.32 Å². The summed E-state index contributed by atoms with van der Waals surface area (Å²) in [5.41, 5.74) is 2.02. The van der Waals surface area contributed by atoms with Gasteiger partial charge in [-0.15, -0.1) is 0 Å². The average Bonchev–Trinajstić information content (AvgIpc) is 2.29. The van der Waals surface area contributed by atoms with Crippen molar-refractivity contribution in [1.82, 2.24) is 5.32 Å². The van der Waals surface area contributed by atoms with Gasteiger partial charge in [-0.05, 0) is 22.8 Å². The Labute approximate surface area is 87.9 Å². The normalized spacial score (nSPS) is 14.8. The van der Waals surface area contributed by atoms with Crippen LogP contribution in [0.25, 0.3) is 10.8 Å². The molecular formula is C13H11NO. The van der Waals surface area contributed by atoms with E-state index in [4.69, 9.17) is 0 Å². The van der Waals surface area contributed by atoms with Crippen molar-refractivity contribution < 1.29 is 4.79 Å². The van der Waals surface area contributed by atoms with Crippen molar-refractivity contribution in [2.45, 2.75) is 6.42 Å². The second-order valence-corrected chi connectivity index (χ2v) is 3.83. The molecule has 3 rings (SSSR count). The molecule has 15 heavy (non-hydrogen) atoms. The molecule has 2 aromatic carbocycles. The van der Waals surface area contributed by atoms with E-state index in [1.54, 1.807) is 0 Å². The molecule has 0 spiro atoms. The number of rotatable bonds is 0. The Morgan fingerprint density at radius 1 is 1.07 bits per heavy atom. The summed E-state index contributed by atoms with van der Waals surface area (Å²) in [6, 6.07) is 12.2. The monoisotopic (exact) mass is 197 g/mol. The van der Waals surface area contributed by atoms with Gasteiger partial charge >= 0.3 is 0 Å². The van der Waals surface area contributed by atoms with E-state index >= 15 is 0 Å². The third kappa shape index (κ3) is 1.22. The first-order valence-corrected chi connectivity index (χ1v) is 5.15. The van der Waals surface area contributed by atoms with Crippen LogP contribution in [0.2, 0.25) is 0 Å². The standard InChI is InChI=1S/C13H11NO/c15-13-12-10(7-8-14-13)6-5-9-3-1-2-4-11(9)12/h1-6H,7-8H2,(H,14,15). The summed E-state index contributed by atoms with van der Waals surface area (Å²) in [5.74, 6) is 0.0630. The van der Waals surface area contributed by atoms with Gasteiger partial charge in [0.15, 0.2) is 0 Å². The maximum Gasteiger partial charge on any atom is 0.252 e. The molecule has 1 aliphatic heterocycles. The highest BCUT2D eigenvalue weighted by molar-refractivity contribution is 6.09. The largest absolute Gasteiger partial charge is 0.352 e. The van der Waals surface area contributed by atoms with Crippen LogP contribution in [0.3, 0.4) is 0 Å². The zero-order valence-electron chi connectivity index (χ0n) is 8.29. The highest BCUT2D eigenvalue weighted by atomic mass is 16.1. The Morgan fingerprint density at radius 3 is 2.87 bits per heavy atom. The summed E-state index contributed by atoms with van der Waals surface area (Å²) in [7, 11) is 0. The topological polar surface area (TPSA) is 29.1 Å². The van der Waals surface area contributed by atoms with Gasteiger partial charge in [0.1, 0.15) is 0 Å². The van der Waals surface area contributed by atoms with Crippen LogP contribution in [0.15, 0.2) is 36.4 Å². The third-order valence-electron chi connectivity index (χ3n) is 2.92. The molecule has 1 amide bonds. The Morgan fingerprint density at radius 2 is 1.93 bits per heavy atom. The van der Waals surface area contributed by atoms with Gasteiger partial charge in [-0.3, -0.25) is 4.79 Å². The summed E-state index contributed by atoms with van der Waals surface area (Å²) >= 11 is 0. The second-order valence-electron chi connectivity index (χ2n) is 3.83. The number of fused-ring (bicyclic) bond motifs is 3. The average molecular weight is 197 g/mol. The zero-order chi connectivity index (χ0) is 10.3. The molecule has 0 aromatic heterocycles. The van der Waals surface area contributed by atoms with Gasteiger partial charge < -0.3 is 5.32 Å². The maximum absolute atomic E-state index is 11.8. The molecule has 1 heterocycles. The SMILES string of the molecule is O=C1NCCc2ccc3ccccc3c21. The molecule has 0 fully saturated rings. The van der Waals surface area contributed by atoms with Gasteiger partial charge in [-0.1, -0.05) is 36.4 Å². The quantitative estimate of drug-likeness (QED) is 0.688. The molecule has 74 valence electrons. The number of carbonyl (C=O) groups is 1. The lowest BCUT2D eigenvalue weighted by atomic mass is 9.94. The van der Waals surface area contributed by atoms with Crippen molar-refractivity contribution in [3.05, 3.63) is 47.5 Å². The first-order valence-electron chi connectivity index (χ1n) is 5.15. The lowest BCUT2D eigenvalue weighted by molar-refractivity contribution is 0.0948. The van der Waals surface area contributed by atoms with E-state index in [1.165, 1.54) is 0 Å². The molecule has 0 bridgehead atoms. The molecule has 0 atom stereocenters. The zero-order valence-corrected chi connectivity index (χ0v) is 8.29. The number of benzene rings is 2. The minimum atomic E-state index is 0.0630. The van der Waals surface area contributed by atoms with Gasteiger partial charge in [0.2, 0.25) is 0 Å². The van der Waals surface area contributed by atoms with Gasteiger partial charge in [0, 0.05) is 6.54 Å². The van der Waals surface area contributed by atoms with Crippen LogP contribution in [-0.4, -0.2) is 12.5 Å². The van der Waals surface area contributed by atoms with Crippen LogP contribution in [0.4, 0.5) is 0 Å². The fourth-order valence-corrected chi connectivity index (χ4v) is 2.19. The van der Waals surface area contributed by atoms with Crippen molar-refractivity contribution in [2.24, 2.45) is 0 Å². The van der Waals surface area contributed by atoms with Crippen molar-refractivity contribution in [3.63, 3.8) is 0 Å². The first kappa shape index (κ1) is 8.48. The number of hydrogen-bond donors (Lipinski definition) is 1. The van der Waals surface area contributed by atoms with Crippen LogP contribution >= 0.6 is 0 Å². The van der Waals surface area contributed by atoms with E-state index in [2.05, 4.69) is 17.4 Å². The van der Waals surface area contributed by atoms with Crippen LogP contribution in [-0.2, 0) is 6.42 Å². The van der Waals surface area contributed by atoms with Crippen LogP contribution in [0.1, 0.15) is 15.9 Å². The molecule has 0 saturated heterocycles. The van der Waals surface area contributed by atoms with E-state index in [9.17, 15) is 4.79 Å². The lowest BCUT2D eigenvalue weighted by Crippen LogP contribution is -2.31. The Hall–Kier alpha value is -1.83. The summed E-state index contributed by atoms with van der Waals surface area (Å²) in [4.78, 5) is 11.8. The molecule has 0 aliphatic carbocycles. The Balaban J connectivity index is 2.40. The van der Waals surface area contributed by atoms with Gasteiger partial charge in [-0.2, -0.15) is 0 Å². The van der Waals surface area contributed by atoms with Gasteiger partial charge in [-0.25, -0.2) is 0 Å². The summed E-state index contributed by atoms with van der Waals surface area (Å²) in [6.07, 6.45) is 0.936. The number of nitrogens with one attached hydrogen (secondary N) is 1. The third-order valence-corrected chi connectivity index (χ3v) is 2.92. The van der Waals surface area contributed by atoms with E-state index in [1.807, 2.05) is 24.3 Å². The fourth-order valence-electron chi connectivity index (χ4n) is 2.19. The molecule has 2 nitrogen and oxygen atoms in total. The first-order chi connectivity index (χ1) is 7.36. The Bertz CT molecular complexity index is 545. The van der Waals surface area contributed by atoms with Crippen molar-refractivity contribution in [2.75, 3.05) is 6.54 Å². The molecule has 2 heteroatoms. The lowest BCUT2D eigenvalue weighted by Gasteiger charge is -2.18. The highest BCUT2D eigenvalue weighted by Crippen LogP contribution is 2.24. The summed E-state index contributed by atoms with van der Waals surface area (Å²) in [5, 5.41) is 5.09. The van der Waals surface area contributed by atoms with Gasteiger partial charge in [0.25, 0.3) is 5.91 Å². The van der Waals surface area contributed by atoms with E-state index in [0.717, 1.165) is 34.9 Å². The maximum atomic E-state index is 11.8. The molecule has 0 radical (unpaired) electrons. The summed E-state index contributed by atoms with van der Waals surface area (Å²) < 4.78 is 0. The van der Waals surface area contributed by atoms with Crippen molar-refractivity contribution >= 4 is 16.7 Å². The summed E-state index contributed by atoms with van der Waals surface area (Å²) in [6.45, 7) is 0.754. The Kier molecular flexibility index (Phi) is 1.75. The van der Waals surface area contributed by atoms with Crippen molar-refractivity contribution in [1.29, 1.82) is 0 Å². The highest BCUT2D eigenvalue weighted by Gasteiger charge is 2.18. The van der Waals surface area contributed by atoms with E-state index in [-0.39, 0.29) is 5.91 Å². The fraction of sp³-hybridized carbons (Fsp3) is 0.154. The predicted molar refractivity (Wildman–Crippen MR) is 60.0 cm³/mol. The minimum absolute atomic E-state index is 0.0630. The van der Waals surface area contributed by atoms with Gasteiger partial charge in [0.05, 0.1) is 5.56 Å². The molecule has 2 aromatic rings. The molecule has 0 unspecified atom stereocenters. The van der Waals surface area contributed by atoms with E-state index < -0.39 is 0 Å².